The van der Waals surface area contributed by atoms with Crippen molar-refractivity contribution in [2.45, 2.75) is 12.6 Å². The van der Waals surface area contributed by atoms with Crippen LogP contribution >= 0.6 is 12.4 Å². The molecule has 1 unspecified atom stereocenters. The molecule has 0 aliphatic carbocycles. The summed E-state index contributed by atoms with van der Waals surface area (Å²) in [6.45, 7) is 1.74. The van der Waals surface area contributed by atoms with Gasteiger partial charge in [-0.3, -0.25) is 4.79 Å². The number of nitrogens with zero attached hydrogens (tertiary/aromatic N) is 2. The summed E-state index contributed by atoms with van der Waals surface area (Å²) in [5.41, 5.74) is 6.56. The topological polar surface area (TPSA) is 58.8 Å². The zero-order valence-electron chi connectivity index (χ0n) is 13.3. The Hall–Kier alpha value is -1.21. The van der Waals surface area contributed by atoms with Gasteiger partial charge in [0.1, 0.15) is 11.9 Å². The van der Waals surface area contributed by atoms with Crippen LogP contribution in [-0.2, 0) is 16.1 Å². The third kappa shape index (κ3) is 7.17. The van der Waals surface area contributed by atoms with Gasteiger partial charge in [-0.2, -0.15) is 0 Å². The van der Waals surface area contributed by atoms with Crippen molar-refractivity contribution in [2.24, 2.45) is 5.73 Å². The van der Waals surface area contributed by atoms with Crippen LogP contribution in [0.15, 0.2) is 24.3 Å². The number of hydrogen-bond donors (Lipinski definition) is 1. The molecule has 0 heterocycles. The first kappa shape index (κ1) is 20.8. The Morgan fingerprint density at radius 1 is 1.36 bits per heavy atom. The summed E-state index contributed by atoms with van der Waals surface area (Å²) < 4.78 is 18.2. The van der Waals surface area contributed by atoms with E-state index in [0.29, 0.717) is 19.6 Å². The smallest absolute Gasteiger partial charge is 0.242 e. The summed E-state index contributed by atoms with van der Waals surface area (Å²) in [4.78, 5) is 16.0. The van der Waals surface area contributed by atoms with Crippen molar-refractivity contribution in [2.75, 3.05) is 40.9 Å². The van der Waals surface area contributed by atoms with Gasteiger partial charge in [-0.05, 0) is 31.8 Å². The van der Waals surface area contributed by atoms with Gasteiger partial charge >= 0.3 is 0 Å². The van der Waals surface area contributed by atoms with Gasteiger partial charge in [0, 0.05) is 26.7 Å². The maximum atomic E-state index is 13.3. The Labute approximate surface area is 137 Å². The van der Waals surface area contributed by atoms with Crippen molar-refractivity contribution < 1.29 is 13.9 Å². The van der Waals surface area contributed by atoms with Gasteiger partial charge in [0.25, 0.3) is 0 Å². The molecule has 5 nitrogen and oxygen atoms in total. The first-order valence-corrected chi connectivity index (χ1v) is 6.86. The number of hydrogen-bond acceptors (Lipinski definition) is 4. The van der Waals surface area contributed by atoms with Crippen LogP contribution in [0.5, 0.6) is 0 Å². The molecule has 0 aliphatic heterocycles. The lowest BCUT2D eigenvalue weighted by Gasteiger charge is -2.27. The monoisotopic (exact) mass is 333 g/mol. The number of likely N-dealkylation sites (N-methyl/N-ethyl adjacent to an activating group) is 1. The molecule has 0 spiro atoms. The summed E-state index contributed by atoms with van der Waals surface area (Å²) in [5.74, 6) is -0.503. The third-order valence-corrected chi connectivity index (χ3v) is 3.05. The lowest BCUT2D eigenvalue weighted by Crippen LogP contribution is -2.47. The van der Waals surface area contributed by atoms with Crippen molar-refractivity contribution in [1.82, 2.24) is 9.80 Å². The second-order valence-corrected chi connectivity index (χ2v) is 5.25. The molecule has 1 atom stereocenters. The summed E-state index contributed by atoms with van der Waals surface area (Å²) >= 11 is 0. The average molecular weight is 334 g/mol. The van der Waals surface area contributed by atoms with E-state index in [0.717, 1.165) is 5.56 Å². The van der Waals surface area contributed by atoms with Gasteiger partial charge in [-0.25, -0.2) is 4.39 Å². The Morgan fingerprint density at radius 2 is 2.05 bits per heavy atom. The number of carbonyl (C=O) groups excluding carboxylic acids is 1. The molecule has 0 saturated heterocycles. The third-order valence-electron chi connectivity index (χ3n) is 3.05. The van der Waals surface area contributed by atoms with Crippen LogP contribution in [-0.4, -0.2) is 62.7 Å². The molecule has 1 rings (SSSR count). The van der Waals surface area contributed by atoms with Crippen LogP contribution < -0.4 is 5.73 Å². The van der Waals surface area contributed by atoms with Crippen LogP contribution in [0.25, 0.3) is 0 Å². The number of benzene rings is 1. The Morgan fingerprint density at radius 3 is 2.59 bits per heavy atom. The van der Waals surface area contributed by atoms with Gasteiger partial charge < -0.3 is 20.3 Å². The zero-order valence-corrected chi connectivity index (χ0v) is 14.1. The van der Waals surface area contributed by atoms with E-state index in [1.807, 2.05) is 19.0 Å². The van der Waals surface area contributed by atoms with E-state index in [9.17, 15) is 9.18 Å². The second kappa shape index (κ2) is 10.5. The van der Waals surface area contributed by atoms with Crippen molar-refractivity contribution in [3.8, 4) is 0 Å². The highest BCUT2D eigenvalue weighted by atomic mass is 35.5. The molecular weight excluding hydrogens is 309 g/mol. The average Bonchev–Trinajstić information content (AvgIpc) is 2.42. The fourth-order valence-electron chi connectivity index (χ4n) is 1.93. The summed E-state index contributed by atoms with van der Waals surface area (Å²) in [6.07, 6.45) is 0. The maximum Gasteiger partial charge on any atom is 0.242 e. The zero-order chi connectivity index (χ0) is 15.8. The predicted octanol–water partition coefficient (Wildman–Crippen LogP) is 1.11. The Kier molecular flexibility index (Phi) is 9.93. The fraction of sp³-hybridized carbons (Fsp3) is 0.533. The van der Waals surface area contributed by atoms with Crippen LogP contribution in [0.4, 0.5) is 4.39 Å². The van der Waals surface area contributed by atoms with Gasteiger partial charge in [0.05, 0.1) is 6.61 Å². The van der Waals surface area contributed by atoms with Gasteiger partial charge in [0.2, 0.25) is 5.91 Å². The van der Waals surface area contributed by atoms with Crippen LogP contribution in [0.1, 0.15) is 5.56 Å². The van der Waals surface area contributed by atoms with Gasteiger partial charge in [-0.1, -0.05) is 12.1 Å². The van der Waals surface area contributed by atoms with Gasteiger partial charge in [0.15, 0.2) is 0 Å². The molecule has 0 aliphatic rings. The van der Waals surface area contributed by atoms with Crippen molar-refractivity contribution in [3.63, 3.8) is 0 Å². The van der Waals surface area contributed by atoms with Crippen LogP contribution in [0.3, 0.4) is 0 Å². The first-order chi connectivity index (χ1) is 9.93. The highest BCUT2D eigenvalue weighted by molar-refractivity contribution is 5.85. The summed E-state index contributed by atoms with van der Waals surface area (Å²) in [5, 5.41) is 0. The standard InChI is InChI=1S/C15H24FN3O2.ClH/c1-18(2)7-8-19(15(20)14(17)11-21-3)10-12-5-4-6-13(16)9-12;/h4-6,9,14H,7-8,10-11,17H2,1-3H3;1H. The highest BCUT2D eigenvalue weighted by Crippen LogP contribution is 2.08. The second-order valence-electron chi connectivity index (χ2n) is 5.25. The molecule has 0 saturated carbocycles. The Balaban J connectivity index is 0.00000441. The molecule has 1 aromatic carbocycles. The van der Waals surface area contributed by atoms with E-state index in [2.05, 4.69) is 0 Å². The molecule has 0 aromatic heterocycles. The molecule has 22 heavy (non-hydrogen) atoms. The van der Waals surface area contributed by atoms with E-state index >= 15 is 0 Å². The highest BCUT2D eigenvalue weighted by Gasteiger charge is 2.21. The van der Waals surface area contributed by atoms with E-state index in [1.165, 1.54) is 19.2 Å². The lowest BCUT2D eigenvalue weighted by molar-refractivity contribution is -0.134. The SMILES string of the molecule is COCC(N)C(=O)N(CCN(C)C)Cc1cccc(F)c1.Cl. The molecule has 2 N–H and O–H groups in total. The molecule has 1 aromatic rings. The number of ether oxygens (including phenoxy) is 1. The number of halogens is 2. The van der Waals surface area contributed by atoms with E-state index in [1.54, 1.807) is 17.0 Å². The van der Waals surface area contributed by atoms with Gasteiger partial charge in [-0.15, -0.1) is 12.4 Å². The van der Waals surface area contributed by atoms with Crippen LogP contribution in [0, 0.1) is 5.82 Å². The van der Waals surface area contributed by atoms with Crippen molar-refractivity contribution in [1.29, 1.82) is 0 Å². The van der Waals surface area contributed by atoms with Crippen LogP contribution in [0.2, 0.25) is 0 Å². The minimum atomic E-state index is -0.703. The first-order valence-electron chi connectivity index (χ1n) is 6.86. The summed E-state index contributed by atoms with van der Waals surface area (Å²) in [6, 6.07) is 5.53. The number of carbonyl (C=O) groups is 1. The Bertz CT molecular complexity index is 460. The van der Waals surface area contributed by atoms with E-state index in [4.69, 9.17) is 10.5 Å². The quantitative estimate of drug-likeness (QED) is 0.774. The maximum absolute atomic E-state index is 13.3. The number of nitrogens with two attached hydrogens (primary N) is 1. The molecule has 0 radical (unpaired) electrons. The number of rotatable bonds is 8. The molecule has 0 bridgehead atoms. The predicted molar refractivity (Wildman–Crippen MR) is 87.5 cm³/mol. The number of methoxy groups -OCH3 is 1. The molecule has 7 heteroatoms. The number of amides is 1. The minimum absolute atomic E-state index is 0. The van der Waals surface area contributed by atoms with Crippen molar-refractivity contribution >= 4 is 18.3 Å². The van der Waals surface area contributed by atoms with E-state index in [-0.39, 0.29) is 30.7 Å². The normalized spacial score (nSPS) is 11.9. The van der Waals surface area contributed by atoms with E-state index < -0.39 is 6.04 Å². The van der Waals surface area contributed by atoms with Crippen molar-refractivity contribution in [3.05, 3.63) is 35.6 Å². The molecular formula is C15H25ClFN3O2. The lowest BCUT2D eigenvalue weighted by atomic mass is 10.2. The largest absolute Gasteiger partial charge is 0.383 e. The molecule has 126 valence electrons. The minimum Gasteiger partial charge on any atom is -0.383 e. The molecule has 1 amide bonds. The summed E-state index contributed by atoms with van der Waals surface area (Å²) in [7, 11) is 5.36. The molecule has 0 fully saturated rings. The fourth-order valence-corrected chi connectivity index (χ4v) is 1.93.